The van der Waals surface area contributed by atoms with E-state index >= 15 is 0 Å². The predicted molar refractivity (Wildman–Crippen MR) is 61.1 cm³/mol. The summed E-state index contributed by atoms with van der Waals surface area (Å²) >= 11 is 0. The van der Waals surface area contributed by atoms with Crippen LogP contribution in [0.4, 0.5) is 0 Å². The Kier molecular flexibility index (Phi) is 3.66. The minimum atomic E-state index is -1.10. The van der Waals surface area contributed by atoms with Crippen LogP contribution < -0.4 is 5.32 Å². The Morgan fingerprint density at radius 3 is 2.78 bits per heavy atom. The fourth-order valence-electron chi connectivity index (χ4n) is 2.00. The second-order valence-electron chi connectivity index (χ2n) is 4.53. The molecule has 6 nitrogen and oxygen atoms in total. The Hall–Kier alpha value is -1.82. The van der Waals surface area contributed by atoms with Crippen molar-refractivity contribution >= 4 is 11.9 Å². The van der Waals surface area contributed by atoms with Crippen molar-refractivity contribution in [1.82, 2.24) is 5.32 Å². The summed E-state index contributed by atoms with van der Waals surface area (Å²) in [4.78, 5) is 22.4. The van der Waals surface area contributed by atoms with E-state index in [0.29, 0.717) is 25.3 Å². The lowest BCUT2D eigenvalue weighted by Crippen LogP contribution is -2.38. The van der Waals surface area contributed by atoms with Gasteiger partial charge in [0.2, 0.25) is 5.91 Å². The van der Waals surface area contributed by atoms with Crippen molar-refractivity contribution < 1.29 is 24.2 Å². The number of hydrogen-bond donors (Lipinski definition) is 3. The summed E-state index contributed by atoms with van der Waals surface area (Å²) in [6.07, 6.45) is 2.36. The van der Waals surface area contributed by atoms with Crippen LogP contribution in [0.1, 0.15) is 29.0 Å². The third-order valence-corrected chi connectivity index (χ3v) is 3.10. The molecule has 0 radical (unpaired) electrons. The summed E-state index contributed by atoms with van der Waals surface area (Å²) in [6, 6.07) is 1.33. The molecule has 1 aromatic heterocycles. The van der Waals surface area contributed by atoms with Gasteiger partial charge in [-0.25, -0.2) is 4.79 Å². The zero-order chi connectivity index (χ0) is 13.1. The lowest BCUT2D eigenvalue weighted by Gasteiger charge is -2.31. The van der Waals surface area contributed by atoms with Gasteiger partial charge in [-0.2, -0.15) is 0 Å². The second-order valence-corrected chi connectivity index (χ2v) is 4.53. The number of carbonyl (C=O) groups is 2. The molecule has 1 aromatic rings. The first kappa shape index (κ1) is 12.6. The molecule has 1 aliphatic carbocycles. The average Bonchev–Trinajstić information content (AvgIpc) is 2.71. The van der Waals surface area contributed by atoms with Crippen molar-refractivity contribution in [2.45, 2.75) is 25.4 Å². The number of aliphatic hydroxyl groups is 1. The highest BCUT2D eigenvalue weighted by molar-refractivity contribution is 5.90. The Morgan fingerprint density at radius 2 is 2.17 bits per heavy atom. The molecule has 98 valence electrons. The van der Waals surface area contributed by atoms with Crippen molar-refractivity contribution in [3.63, 3.8) is 0 Å². The largest absolute Gasteiger partial charge is 0.478 e. The Morgan fingerprint density at radius 1 is 1.44 bits per heavy atom. The highest BCUT2D eigenvalue weighted by Gasteiger charge is 2.27. The SMILES string of the molecule is O=C(Cc1occc1C(=O)O)NCC1CC(O)C1. The lowest BCUT2D eigenvalue weighted by atomic mass is 9.82. The predicted octanol–water partition coefficient (Wildman–Crippen LogP) is 0.407. The lowest BCUT2D eigenvalue weighted by molar-refractivity contribution is -0.121. The van der Waals surface area contributed by atoms with Gasteiger partial charge in [0.1, 0.15) is 11.3 Å². The van der Waals surface area contributed by atoms with E-state index in [1.807, 2.05) is 0 Å². The summed E-state index contributed by atoms with van der Waals surface area (Å²) in [5.41, 5.74) is 0.0178. The normalized spacial score (nSPS) is 22.3. The van der Waals surface area contributed by atoms with Gasteiger partial charge >= 0.3 is 5.97 Å². The smallest absolute Gasteiger partial charge is 0.339 e. The molecule has 0 unspecified atom stereocenters. The molecule has 1 aliphatic rings. The van der Waals surface area contributed by atoms with E-state index in [4.69, 9.17) is 14.6 Å². The van der Waals surface area contributed by atoms with Crippen LogP contribution in [0, 0.1) is 5.92 Å². The van der Waals surface area contributed by atoms with Crippen LogP contribution in [-0.4, -0.2) is 34.7 Å². The number of carboxylic acids is 1. The molecule has 0 saturated heterocycles. The number of hydrogen-bond acceptors (Lipinski definition) is 4. The summed E-state index contributed by atoms with van der Waals surface area (Å²) < 4.78 is 4.98. The first-order valence-corrected chi connectivity index (χ1v) is 5.80. The molecule has 1 saturated carbocycles. The minimum Gasteiger partial charge on any atom is -0.478 e. The number of rotatable bonds is 5. The standard InChI is InChI=1S/C12H15NO5/c14-8-3-7(4-8)6-13-11(15)5-10-9(12(16)17)1-2-18-10/h1-2,7-8,14H,3-6H2,(H,13,15)(H,16,17). The minimum absolute atomic E-state index is 0.0178. The summed E-state index contributed by atoms with van der Waals surface area (Å²) in [5, 5.41) is 20.6. The highest BCUT2D eigenvalue weighted by atomic mass is 16.4. The van der Waals surface area contributed by atoms with Crippen molar-refractivity contribution in [1.29, 1.82) is 0 Å². The van der Waals surface area contributed by atoms with Gasteiger partial charge in [0.05, 0.1) is 18.8 Å². The summed E-state index contributed by atoms with van der Waals surface area (Å²) in [6.45, 7) is 0.513. The number of aliphatic hydroxyl groups excluding tert-OH is 1. The van der Waals surface area contributed by atoms with Crippen molar-refractivity contribution in [3.8, 4) is 0 Å². The molecule has 1 heterocycles. The molecule has 1 fully saturated rings. The first-order valence-electron chi connectivity index (χ1n) is 5.80. The molecule has 0 atom stereocenters. The van der Waals surface area contributed by atoms with Gasteiger partial charge in [-0.3, -0.25) is 4.79 Å². The maximum Gasteiger partial charge on any atom is 0.339 e. The van der Waals surface area contributed by atoms with E-state index in [2.05, 4.69) is 5.32 Å². The van der Waals surface area contributed by atoms with Crippen molar-refractivity contribution in [2.24, 2.45) is 5.92 Å². The zero-order valence-corrected chi connectivity index (χ0v) is 9.76. The van der Waals surface area contributed by atoms with E-state index in [1.54, 1.807) is 0 Å². The van der Waals surface area contributed by atoms with Gasteiger partial charge in [-0.05, 0) is 24.8 Å². The van der Waals surface area contributed by atoms with E-state index in [1.165, 1.54) is 12.3 Å². The van der Waals surface area contributed by atoms with E-state index in [9.17, 15) is 9.59 Å². The number of furan rings is 1. The number of nitrogens with one attached hydrogen (secondary N) is 1. The van der Waals surface area contributed by atoms with Gasteiger partial charge in [-0.15, -0.1) is 0 Å². The number of aromatic carboxylic acids is 1. The maximum atomic E-state index is 11.6. The molecule has 18 heavy (non-hydrogen) atoms. The van der Waals surface area contributed by atoms with Gasteiger partial charge in [0.25, 0.3) is 0 Å². The number of carboxylic acid groups (broad SMARTS) is 1. The molecule has 0 bridgehead atoms. The van der Waals surface area contributed by atoms with Crippen LogP contribution >= 0.6 is 0 Å². The number of amides is 1. The maximum absolute atomic E-state index is 11.6. The Balaban J connectivity index is 1.80. The van der Waals surface area contributed by atoms with Gasteiger partial charge in [-0.1, -0.05) is 0 Å². The third-order valence-electron chi connectivity index (χ3n) is 3.10. The average molecular weight is 253 g/mol. The molecule has 2 rings (SSSR count). The van der Waals surface area contributed by atoms with Gasteiger partial charge in [0.15, 0.2) is 0 Å². The molecular weight excluding hydrogens is 238 g/mol. The van der Waals surface area contributed by atoms with Crippen LogP contribution in [0.2, 0.25) is 0 Å². The molecule has 0 aliphatic heterocycles. The molecule has 1 amide bonds. The molecule has 0 aromatic carbocycles. The van der Waals surface area contributed by atoms with E-state index < -0.39 is 5.97 Å². The van der Waals surface area contributed by atoms with Crippen molar-refractivity contribution in [2.75, 3.05) is 6.54 Å². The van der Waals surface area contributed by atoms with E-state index in [0.717, 1.165) is 0 Å². The summed E-state index contributed by atoms with van der Waals surface area (Å²) in [7, 11) is 0. The Bertz CT molecular complexity index is 447. The zero-order valence-electron chi connectivity index (χ0n) is 9.76. The van der Waals surface area contributed by atoms with Crippen LogP contribution in [0.25, 0.3) is 0 Å². The molecular formula is C12H15NO5. The summed E-state index contributed by atoms with van der Waals surface area (Å²) in [5.74, 6) is -0.893. The fraction of sp³-hybridized carbons (Fsp3) is 0.500. The second kappa shape index (κ2) is 5.22. The van der Waals surface area contributed by atoms with Crippen LogP contribution in [-0.2, 0) is 11.2 Å². The van der Waals surface area contributed by atoms with Crippen LogP contribution in [0.5, 0.6) is 0 Å². The molecule has 3 N–H and O–H groups in total. The topological polar surface area (TPSA) is 99.8 Å². The van der Waals surface area contributed by atoms with Crippen LogP contribution in [0.3, 0.4) is 0 Å². The van der Waals surface area contributed by atoms with E-state index in [-0.39, 0.29) is 29.8 Å². The Labute approximate surface area is 104 Å². The quantitative estimate of drug-likeness (QED) is 0.705. The number of carbonyl (C=O) groups excluding carboxylic acids is 1. The van der Waals surface area contributed by atoms with Gasteiger partial charge < -0.3 is 19.9 Å². The van der Waals surface area contributed by atoms with Crippen molar-refractivity contribution in [3.05, 3.63) is 23.7 Å². The molecule has 6 heteroatoms. The molecule has 0 spiro atoms. The third kappa shape index (κ3) is 2.89. The first-order chi connectivity index (χ1) is 8.56. The van der Waals surface area contributed by atoms with Crippen LogP contribution in [0.15, 0.2) is 16.7 Å². The van der Waals surface area contributed by atoms with Gasteiger partial charge in [0, 0.05) is 6.54 Å². The fourth-order valence-corrected chi connectivity index (χ4v) is 2.00. The highest BCUT2D eigenvalue weighted by Crippen LogP contribution is 2.26. The monoisotopic (exact) mass is 253 g/mol.